The molecule has 0 saturated carbocycles. The molecule has 1 rings (SSSR count). The summed E-state index contributed by atoms with van der Waals surface area (Å²) in [6, 6.07) is 10.4. The number of nitrogens with one attached hydrogen (secondary N) is 2. The predicted octanol–water partition coefficient (Wildman–Crippen LogP) is 3.00. The molecule has 0 spiro atoms. The van der Waals surface area contributed by atoms with Crippen LogP contribution in [0, 0.1) is 11.3 Å². The monoisotopic (exact) mass is 331 g/mol. The van der Waals surface area contributed by atoms with Gasteiger partial charge in [-0.05, 0) is 52.2 Å². The van der Waals surface area contributed by atoms with Gasteiger partial charge in [0.15, 0.2) is 0 Å². The average Bonchev–Trinajstić information content (AvgIpc) is 2.52. The topological polar surface area (TPSA) is 91.2 Å². The Morgan fingerprint density at radius 1 is 1.21 bits per heavy atom. The first-order valence-corrected chi connectivity index (χ1v) is 8.04. The molecule has 0 aliphatic rings. The molecule has 0 unspecified atom stereocenters. The molecule has 130 valence electrons. The summed E-state index contributed by atoms with van der Waals surface area (Å²) in [5.74, 6) is -0.112. The summed E-state index contributed by atoms with van der Waals surface area (Å²) >= 11 is 0. The lowest BCUT2D eigenvalue weighted by molar-refractivity contribution is 0.0513. The Balaban J connectivity index is 2.22. The summed E-state index contributed by atoms with van der Waals surface area (Å²) in [5.41, 5.74) is 0.0326. The molecule has 0 bridgehead atoms. The number of unbranched alkanes of at least 4 members (excludes halogenated alkanes) is 1. The van der Waals surface area contributed by atoms with Crippen LogP contribution in [0.4, 0.5) is 4.79 Å². The maximum atomic E-state index is 11.8. The molecule has 0 aliphatic carbocycles. The molecule has 0 radical (unpaired) electrons. The second-order valence-corrected chi connectivity index (χ2v) is 6.45. The van der Waals surface area contributed by atoms with E-state index in [0.29, 0.717) is 24.9 Å². The van der Waals surface area contributed by atoms with Crippen molar-refractivity contribution in [1.82, 2.24) is 10.6 Å². The van der Waals surface area contributed by atoms with Crippen molar-refractivity contribution < 1.29 is 14.3 Å². The Labute approximate surface area is 143 Å². The van der Waals surface area contributed by atoms with Gasteiger partial charge in [-0.3, -0.25) is 4.79 Å². The quantitative estimate of drug-likeness (QED) is 0.751. The molecule has 0 aliphatic heterocycles. The van der Waals surface area contributed by atoms with Crippen molar-refractivity contribution in [3.63, 3.8) is 0 Å². The Morgan fingerprint density at radius 2 is 1.88 bits per heavy atom. The van der Waals surface area contributed by atoms with Crippen LogP contribution in [0.25, 0.3) is 0 Å². The van der Waals surface area contributed by atoms with E-state index in [-0.39, 0.29) is 5.91 Å². The zero-order valence-corrected chi connectivity index (χ0v) is 14.5. The number of ether oxygens (including phenoxy) is 1. The molecule has 2 amide bonds. The van der Waals surface area contributed by atoms with Gasteiger partial charge in [-0.1, -0.05) is 18.2 Å². The van der Waals surface area contributed by atoms with Crippen LogP contribution in [0.5, 0.6) is 0 Å². The number of hydrogen-bond acceptors (Lipinski definition) is 4. The molecule has 24 heavy (non-hydrogen) atoms. The van der Waals surface area contributed by atoms with Crippen LogP contribution >= 0.6 is 0 Å². The van der Waals surface area contributed by atoms with E-state index >= 15 is 0 Å². The minimum absolute atomic E-state index is 0.112. The van der Waals surface area contributed by atoms with E-state index in [0.717, 1.165) is 6.42 Å². The summed E-state index contributed by atoms with van der Waals surface area (Å²) < 4.78 is 5.12. The lowest BCUT2D eigenvalue weighted by Crippen LogP contribution is -2.38. The van der Waals surface area contributed by atoms with Crippen molar-refractivity contribution in [3.8, 4) is 6.07 Å². The lowest BCUT2D eigenvalue weighted by Gasteiger charge is -2.21. The van der Waals surface area contributed by atoms with Crippen molar-refractivity contribution in [2.24, 2.45) is 0 Å². The molecule has 1 aromatic carbocycles. The highest BCUT2D eigenvalue weighted by Gasteiger charge is 2.19. The average molecular weight is 331 g/mol. The first-order chi connectivity index (χ1) is 11.3. The smallest absolute Gasteiger partial charge is 0.408 e. The molecule has 0 aromatic heterocycles. The van der Waals surface area contributed by atoms with Crippen molar-refractivity contribution in [3.05, 3.63) is 35.9 Å². The molecular formula is C18H25N3O3. The highest BCUT2D eigenvalue weighted by molar-refractivity contribution is 5.94. The zero-order chi connectivity index (χ0) is 18.0. The maximum absolute atomic E-state index is 11.8. The Kier molecular flexibility index (Phi) is 7.76. The van der Waals surface area contributed by atoms with E-state index in [2.05, 4.69) is 10.6 Å². The maximum Gasteiger partial charge on any atom is 0.408 e. The first kappa shape index (κ1) is 19.5. The highest BCUT2D eigenvalue weighted by Crippen LogP contribution is 2.08. The SMILES string of the molecule is CC(C)(C)OC(=O)N[C@H](C#N)CCCCNC(=O)c1ccccc1. The van der Waals surface area contributed by atoms with E-state index in [9.17, 15) is 9.59 Å². The Morgan fingerprint density at radius 3 is 2.46 bits per heavy atom. The van der Waals surface area contributed by atoms with Gasteiger partial charge in [0, 0.05) is 12.1 Å². The molecule has 6 nitrogen and oxygen atoms in total. The summed E-state index contributed by atoms with van der Waals surface area (Å²) in [6.07, 6.45) is 1.36. The van der Waals surface area contributed by atoms with E-state index in [1.54, 1.807) is 32.9 Å². The fourth-order valence-corrected chi connectivity index (χ4v) is 1.99. The lowest BCUT2D eigenvalue weighted by atomic mass is 10.1. The summed E-state index contributed by atoms with van der Waals surface area (Å²) in [6.45, 7) is 5.83. The second kappa shape index (κ2) is 9.56. The molecule has 1 atom stereocenters. The second-order valence-electron chi connectivity index (χ2n) is 6.45. The van der Waals surface area contributed by atoms with Crippen molar-refractivity contribution >= 4 is 12.0 Å². The van der Waals surface area contributed by atoms with E-state index in [4.69, 9.17) is 10.00 Å². The van der Waals surface area contributed by atoms with E-state index in [1.165, 1.54) is 0 Å². The number of carbonyl (C=O) groups is 2. The van der Waals surface area contributed by atoms with Gasteiger partial charge in [-0.25, -0.2) is 4.79 Å². The molecule has 2 N–H and O–H groups in total. The van der Waals surface area contributed by atoms with Gasteiger partial charge in [-0.15, -0.1) is 0 Å². The molecule has 0 fully saturated rings. The van der Waals surface area contributed by atoms with Gasteiger partial charge < -0.3 is 15.4 Å². The third kappa shape index (κ3) is 8.18. The number of carbonyl (C=O) groups excluding carboxylic acids is 2. The molecule has 1 aromatic rings. The van der Waals surface area contributed by atoms with E-state index < -0.39 is 17.7 Å². The molecule has 0 saturated heterocycles. The largest absolute Gasteiger partial charge is 0.444 e. The van der Waals surface area contributed by atoms with Crippen LogP contribution in [0.3, 0.4) is 0 Å². The molecule has 6 heteroatoms. The van der Waals surface area contributed by atoms with Crippen LogP contribution in [0.15, 0.2) is 30.3 Å². The fraction of sp³-hybridized carbons (Fsp3) is 0.500. The zero-order valence-electron chi connectivity index (χ0n) is 14.5. The number of nitrogens with zero attached hydrogens (tertiary/aromatic N) is 1. The number of amides is 2. The highest BCUT2D eigenvalue weighted by atomic mass is 16.6. The number of nitriles is 1. The first-order valence-electron chi connectivity index (χ1n) is 8.04. The van der Waals surface area contributed by atoms with Crippen molar-refractivity contribution in [2.45, 2.75) is 51.7 Å². The number of benzene rings is 1. The summed E-state index contributed by atoms with van der Waals surface area (Å²) in [4.78, 5) is 23.5. The third-order valence-electron chi connectivity index (χ3n) is 3.09. The van der Waals surface area contributed by atoms with Crippen LogP contribution < -0.4 is 10.6 Å². The predicted molar refractivity (Wildman–Crippen MR) is 91.4 cm³/mol. The standard InChI is InChI=1S/C18H25N3O3/c1-18(2,3)24-17(23)21-15(13-19)11-7-8-12-20-16(22)14-9-5-4-6-10-14/h4-6,9-10,15H,7-8,11-12H2,1-3H3,(H,20,22)(H,21,23)/t15-/m0/s1. The third-order valence-corrected chi connectivity index (χ3v) is 3.09. The van der Waals surface area contributed by atoms with Crippen LogP contribution in [-0.2, 0) is 4.74 Å². The van der Waals surface area contributed by atoms with Crippen LogP contribution in [-0.4, -0.2) is 30.2 Å². The van der Waals surface area contributed by atoms with Crippen molar-refractivity contribution in [1.29, 1.82) is 5.26 Å². The van der Waals surface area contributed by atoms with Crippen molar-refractivity contribution in [2.75, 3.05) is 6.54 Å². The summed E-state index contributed by atoms with van der Waals surface area (Å²) in [5, 5.41) is 14.4. The number of alkyl carbamates (subject to hydrolysis) is 1. The normalized spacial score (nSPS) is 11.9. The fourth-order valence-electron chi connectivity index (χ4n) is 1.99. The van der Waals surface area contributed by atoms with Gasteiger partial charge in [-0.2, -0.15) is 5.26 Å². The van der Waals surface area contributed by atoms with Crippen LogP contribution in [0.1, 0.15) is 50.4 Å². The molecule has 0 heterocycles. The Hall–Kier alpha value is -2.55. The minimum Gasteiger partial charge on any atom is -0.444 e. The van der Waals surface area contributed by atoms with E-state index in [1.807, 2.05) is 24.3 Å². The van der Waals surface area contributed by atoms with Gasteiger partial charge in [0.25, 0.3) is 5.91 Å². The van der Waals surface area contributed by atoms with Gasteiger partial charge >= 0.3 is 6.09 Å². The minimum atomic E-state index is -0.593. The van der Waals surface area contributed by atoms with Crippen LogP contribution in [0.2, 0.25) is 0 Å². The van der Waals surface area contributed by atoms with Gasteiger partial charge in [0.05, 0.1) is 6.07 Å². The van der Waals surface area contributed by atoms with Gasteiger partial charge in [0.2, 0.25) is 0 Å². The number of hydrogen-bond donors (Lipinski definition) is 2. The van der Waals surface area contributed by atoms with Gasteiger partial charge in [0.1, 0.15) is 11.6 Å². The summed E-state index contributed by atoms with van der Waals surface area (Å²) in [7, 11) is 0. The number of rotatable bonds is 7. The molecular weight excluding hydrogens is 306 g/mol. The Bertz CT molecular complexity index is 573.